The average Bonchev–Trinajstić information content (AvgIpc) is 2.53. The van der Waals surface area contributed by atoms with Gasteiger partial charge in [-0.25, -0.2) is 0 Å². The molecule has 0 amide bonds. The number of hydrogen-bond donors (Lipinski definition) is 0. The van der Waals surface area contributed by atoms with Crippen molar-refractivity contribution in [2.45, 2.75) is 0 Å². The summed E-state index contributed by atoms with van der Waals surface area (Å²) >= 11 is 0. The summed E-state index contributed by atoms with van der Waals surface area (Å²) in [6, 6.07) is 20.0. The minimum atomic E-state index is -0.435. The fourth-order valence-electron chi connectivity index (χ4n) is 2.40. The first-order chi connectivity index (χ1) is 10.2. The number of nitro groups is 1. The lowest BCUT2D eigenvalue weighted by Gasteiger charge is -2.07. The molecule has 0 saturated carbocycles. The first kappa shape index (κ1) is 12.8. The summed E-state index contributed by atoms with van der Waals surface area (Å²) in [6.45, 7) is 0. The van der Waals surface area contributed by atoms with Crippen molar-refractivity contribution in [1.29, 1.82) is 5.26 Å². The van der Waals surface area contributed by atoms with Crippen LogP contribution in [0.2, 0.25) is 0 Å². The molecular formula is C17H10N2O2. The molecule has 0 radical (unpaired) electrons. The maximum Gasteiger partial charge on any atom is 0.269 e. The molecular weight excluding hydrogens is 264 g/mol. The Balaban J connectivity index is 2.20. The summed E-state index contributed by atoms with van der Waals surface area (Å²) in [4.78, 5) is 10.3. The molecule has 0 aromatic heterocycles. The van der Waals surface area contributed by atoms with Crippen LogP contribution in [0.3, 0.4) is 0 Å². The fourth-order valence-corrected chi connectivity index (χ4v) is 2.40. The van der Waals surface area contributed by atoms with Gasteiger partial charge in [0, 0.05) is 23.1 Å². The molecule has 0 heterocycles. The lowest BCUT2D eigenvalue weighted by atomic mass is 9.95. The maximum atomic E-state index is 10.7. The molecule has 4 heteroatoms. The largest absolute Gasteiger partial charge is 0.269 e. The maximum absolute atomic E-state index is 10.7. The van der Waals surface area contributed by atoms with Gasteiger partial charge in [0.05, 0.1) is 10.5 Å². The molecule has 0 atom stereocenters. The zero-order valence-corrected chi connectivity index (χ0v) is 11.0. The van der Waals surface area contributed by atoms with E-state index in [1.807, 2.05) is 36.4 Å². The van der Waals surface area contributed by atoms with Crippen molar-refractivity contribution in [3.05, 3.63) is 76.3 Å². The summed E-state index contributed by atoms with van der Waals surface area (Å²) in [7, 11) is 0. The molecule has 0 spiro atoms. The van der Waals surface area contributed by atoms with Crippen molar-refractivity contribution >= 4 is 16.5 Å². The molecule has 21 heavy (non-hydrogen) atoms. The average molecular weight is 274 g/mol. The SMILES string of the molecule is N#Cc1c(-c2ccc([N+](=O)[O-])cc2)ccc2ccccc12. The van der Waals surface area contributed by atoms with Gasteiger partial charge in [-0.15, -0.1) is 0 Å². The van der Waals surface area contributed by atoms with Crippen LogP contribution in [0.25, 0.3) is 21.9 Å². The fraction of sp³-hybridized carbons (Fsp3) is 0. The first-order valence-corrected chi connectivity index (χ1v) is 6.37. The molecule has 3 rings (SSSR count). The van der Waals surface area contributed by atoms with Crippen LogP contribution in [-0.2, 0) is 0 Å². The number of hydrogen-bond acceptors (Lipinski definition) is 3. The van der Waals surface area contributed by atoms with Crippen LogP contribution in [0.15, 0.2) is 60.7 Å². The smallest absolute Gasteiger partial charge is 0.258 e. The molecule has 0 aliphatic heterocycles. The Bertz CT molecular complexity index is 877. The van der Waals surface area contributed by atoms with Gasteiger partial charge < -0.3 is 0 Å². The number of non-ortho nitro benzene ring substituents is 1. The van der Waals surface area contributed by atoms with Crippen molar-refractivity contribution < 1.29 is 4.92 Å². The molecule has 0 fully saturated rings. The van der Waals surface area contributed by atoms with E-state index in [1.54, 1.807) is 12.1 Å². The van der Waals surface area contributed by atoms with E-state index in [-0.39, 0.29) is 5.69 Å². The van der Waals surface area contributed by atoms with E-state index in [4.69, 9.17) is 0 Å². The van der Waals surface area contributed by atoms with Crippen molar-refractivity contribution in [3.8, 4) is 17.2 Å². The lowest BCUT2D eigenvalue weighted by molar-refractivity contribution is -0.384. The molecule has 3 aromatic rings. The number of fused-ring (bicyclic) bond motifs is 1. The topological polar surface area (TPSA) is 66.9 Å². The second-order valence-corrected chi connectivity index (χ2v) is 4.63. The minimum absolute atomic E-state index is 0.0399. The van der Waals surface area contributed by atoms with Gasteiger partial charge in [0.15, 0.2) is 0 Å². The third-order valence-corrected chi connectivity index (χ3v) is 3.43. The van der Waals surface area contributed by atoms with Crippen LogP contribution >= 0.6 is 0 Å². The van der Waals surface area contributed by atoms with Crippen LogP contribution in [0, 0.1) is 21.4 Å². The number of nitrogens with zero attached hydrogens (tertiary/aromatic N) is 2. The molecule has 100 valence electrons. The molecule has 0 aliphatic carbocycles. The number of nitriles is 1. The Kier molecular flexibility index (Phi) is 3.09. The molecule has 0 N–H and O–H groups in total. The van der Waals surface area contributed by atoms with Gasteiger partial charge in [0.1, 0.15) is 6.07 Å². The Labute approximate surface area is 121 Å². The number of benzene rings is 3. The van der Waals surface area contributed by atoms with E-state index in [2.05, 4.69) is 6.07 Å². The van der Waals surface area contributed by atoms with Crippen LogP contribution in [0.5, 0.6) is 0 Å². The summed E-state index contributed by atoms with van der Waals surface area (Å²) in [5, 5.41) is 22.0. The van der Waals surface area contributed by atoms with E-state index in [0.29, 0.717) is 5.56 Å². The summed E-state index contributed by atoms with van der Waals surface area (Å²) in [6.07, 6.45) is 0. The van der Waals surface area contributed by atoms with Gasteiger partial charge >= 0.3 is 0 Å². The Hall–Kier alpha value is -3.19. The van der Waals surface area contributed by atoms with Crippen molar-refractivity contribution in [2.24, 2.45) is 0 Å². The van der Waals surface area contributed by atoms with E-state index < -0.39 is 4.92 Å². The zero-order valence-electron chi connectivity index (χ0n) is 11.0. The number of nitro benzene ring substituents is 1. The van der Waals surface area contributed by atoms with Gasteiger partial charge in [0.25, 0.3) is 5.69 Å². The van der Waals surface area contributed by atoms with E-state index >= 15 is 0 Å². The molecule has 0 aliphatic rings. The van der Waals surface area contributed by atoms with Crippen LogP contribution < -0.4 is 0 Å². The summed E-state index contributed by atoms with van der Waals surface area (Å²) in [5.74, 6) is 0. The first-order valence-electron chi connectivity index (χ1n) is 6.37. The zero-order chi connectivity index (χ0) is 14.8. The lowest BCUT2D eigenvalue weighted by Crippen LogP contribution is -1.89. The third kappa shape index (κ3) is 2.21. The highest BCUT2D eigenvalue weighted by atomic mass is 16.6. The molecule has 0 unspecified atom stereocenters. The number of rotatable bonds is 2. The molecule has 0 saturated heterocycles. The Morgan fingerprint density at radius 2 is 1.67 bits per heavy atom. The van der Waals surface area contributed by atoms with Crippen LogP contribution in [0.1, 0.15) is 5.56 Å². The predicted octanol–water partition coefficient (Wildman–Crippen LogP) is 4.29. The van der Waals surface area contributed by atoms with Crippen molar-refractivity contribution in [2.75, 3.05) is 0 Å². The van der Waals surface area contributed by atoms with Gasteiger partial charge in [0.2, 0.25) is 0 Å². The molecule has 4 nitrogen and oxygen atoms in total. The van der Waals surface area contributed by atoms with E-state index in [9.17, 15) is 15.4 Å². The normalized spacial score (nSPS) is 10.2. The van der Waals surface area contributed by atoms with Gasteiger partial charge in [-0.2, -0.15) is 5.26 Å². The van der Waals surface area contributed by atoms with Crippen molar-refractivity contribution in [1.82, 2.24) is 0 Å². The van der Waals surface area contributed by atoms with Gasteiger partial charge in [-0.05, 0) is 23.1 Å². The standard InChI is InChI=1S/C17H10N2O2/c18-11-17-15-4-2-1-3-12(15)7-10-16(17)13-5-8-14(9-6-13)19(20)21/h1-10H. The highest BCUT2D eigenvalue weighted by molar-refractivity contribution is 5.94. The quantitative estimate of drug-likeness (QED) is 0.517. The highest BCUT2D eigenvalue weighted by Crippen LogP contribution is 2.30. The highest BCUT2D eigenvalue weighted by Gasteiger charge is 2.11. The Morgan fingerprint density at radius 3 is 2.33 bits per heavy atom. The molecule has 3 aromatic carbocycles. The second-order valence-electron chi connectivity index (χ2n) is 4.63. The van der Waals surface area contributed by atoms with Gasteiger partial charge in [-0.3, -0.25) is 10.1 Å². The monoisotopic (exact) mass is 274 g/mol. The van der Waals surface area contributed by atoms with Gasteiger partial charge in [-0.1, -0.05) is 36.4 Å². The van der Waals surface area contributed by atoms with E-state index in [0.717, 1.165) is 21.9 Å². The Morgan fingerprint density at radius 1 is 0.952 bits per heavy atom. The summed E-state index contributed by atoms with van der Waals surface area (Å²) < 4.78 is 0. The summed E-state index contributed by atoms with van der Waals surface area (Å²) in [5.41, 5.74) is 2.20. The van der Waals surface area contributed by atoms with Crippen molar-refractivity contribution in [3.63, 3.8) is 0 Å². The second kappa shape index (κ2) is 5.06. The predicted molar refractivity (Wildman–Crippen MR) is 80.8 cm³/mol. The van der Waals surface area contributed by atoms with Crippen LogP contribution in [0.4, 0.5) is 5.69 Å². The minimum Gasteiger partial charge on any atom is -0.258 e. The van der Waals surface area contributed by atoms with E-state index in [1.165, 1.54) is 12.1 Å². The third-order valence-electron chi connectivity index (χ3n) is 3.43. The van der Waals surface area contributed by atoms with Crippen LogP contribution in [-0.4, -0.2) is 4.92 Å². The molecule has 0 bridgehead atoms.